The number of nitrogens with one attached hydrogen (secondary N) is 1. The highest BCUT2D eigenvalue weighted by Gasteiger charge is 2.32. The molecule has 0 spiro atoms. The van der Waals surface area contributed by atoms with Crippen LogP contribution in [0.15, 0.2) is 17.1 Å². The van der Waals surface area contributed by atoms with Crippen molar-refractivity contribution in [1.82, 2.24) is 9.88 Å². The smallest absolute Gasteiger partial charge is 0.341 e. The number of ether oxygens (including phenoxy) is 1. The molecule has 2 aliphatic heterocycles. The molecule has 1 aromatic heterocycles. The van der Waals surface area contributed by atoms with E-state index in [-0.39, 0.29) is 23.1 Å². The molecular formula is C26H35FN4O9S. The predicted molar refractivity (Wildman–Crippen MR) is 148 cm³/mol. The second-order valence-corrected chi connectivity index (χ2v) is 11.9. The number of halogens is 1. The molecule has 3 atom stereocenters. The maximum absolute atomic E-state index is 15.4. The first kappa shape index (κ1) is 32.0. The van der Waals surface area contributed by atoms with Gasteiger partial charge in [-0.05, 0) is 39.7 Å². The van der Waals surface area contributed by atoms with Gasteiger partial charge in [-0.15, -0.1) is 0 Å². The maximum atomic E-state index is 15.4. The van der Waals surface area contributed by atoms with Crippen LogP contribution in [0.3, 0.4) is 0 Å². The van der Waals surface area contributed by atoms with Gasteiger partial charge in [0.2, 0.25) is 11.3 Å². The number of amides is 1. The van der Waals surface area contributed by atoms with Crippen LogP contribution in [-0.4, -0.2) is 78.0 Å². The average Bonchev–Trinajstić information content (AvgIpc) is 2.86. The molecule has 41 heavy (non-hydrogen) atoms. The standard InChI is InChI=1S/C25H31FN4O6.CH4O3S/c1-12-4-5-16-20-17(22(31)18(24(33)34)11-30(12)20)10-19(26)21(16)29-8-6-15(7-9-29)36-25(35)14(3)28-23(32)13(2)27;1-5(2,3)4/h10-15H,4-9,27H2,1-3H3,(H,28,32)(H,33,34);1H3,(H,2,3,4)/t12-,13-,14-;/m0./s1. The van der Waals surface area contributed by atoms with Gasteiger partial charge in [-0.25, -0.2) is 14.0 Å². The minimum Gasteiger partial charge on any atom is -0.477 e. The number of piperidine rings is 1. The fourth-order valence-corrected chi connectivity index (χ4v) is 5.00. The molecule has 13 nitrogen and oxygen atoms in total. The number of nitrogens with zero attached hydrogens (tertiary/aromatic N) is 2. The first-order chi connectivity index (χ1) is 19.0. The number of anilines is 1. The second-order valence-electron chi connectivity index (χ2n) is 10.4. The molecule has 15 heteroatoms. The zero-order valence-corrected chi connectivity index (χ0v) is 24.0. The van der Waals surface area contributed by atoms with Crippen LogP contribution in [0.4, 0.5) is 10.1 Å². The Hall–Kier alpha value is -3.56. The number of nitrogens with two attached hydrogens (primary N) is 1. The summed E-state index contributed by atoms with van der Waals surface area (Å²) in [5.74, 6) is -2.90. The number of aryl methyl sites for hydroxylation is 1. The van der Waals surface area contributed by atoms with Crippen LogP contribution >= 0.6 is 0 Å². The van der Waals surface area contributed by atoms with Crippen LogP contribution in [0.5, 0.6) is 0 Å². The van der Waals surface area contributed by atoms with Crippen molar-refractivity contribution in [3.8, 4) is 0 Å². The molecule has 0 aliphatic carbocycles. The maximum Gasteiger partial charge on any atom is 0.341 e. The van der Waals surface area contributed by atoms with Gasteiger partial charge in [-0.1, -0.05) is 0 Å². The van der Waals surface area contributed by atoms with Gasteiger partial charge in [0.1, 0.15) is 23.5 Å². The van der Waals surface area contributed by atoms with E-state index in [1.807, 2.05) is 11.8 Å². The third-order valence-corrected chi connectivity index (χ3v) is 7.02. The topological polar surface area (TPSA) is 198 Å². The third kappa shape index (κ3) is 7.59. The molecular weight excluding hydrogens is 563 g/mol. The minimum atomic E-state index is -3.67. The molecule has 0 radical (unpaired) electrons. The van der Waals surface area contributed by atoms with Gasteiger partial charge < -0.3 is 30.4 Å². The summed E-state index contributed by atoms with van der Waals surface area (Å²) in [5.41, 5.74) is 6.13. The molecule has 4 rings (SSSR count). The van der Waals surface area contributed by atoms with E-state index in [2.05, 4.69) is 5.32 Å². The van der Waals surface area contributed by atoms with Gasteiger partial charge in [0.05, 0.1) is 23.5 Å². The number of benzene rings is 1. The molecule has 1 aromatic carbocycles. The Morgan fingerprint density at radius 1 is 1.20 bits per heavy atom. The van der Waals surface area contributed by atoms with Gasteiger partial charge in [-0.3, -0.25) is 14.1 Å². The number of hydrogen-bond donors (Lipinski definition) is 4. The number of carboxylic acid groups (broad SMARTS) is 1. The molecule has 0 saturated carbocycles. The highest BCUT2D eigenvalue weighted by atomic mass is 32.2. The highest BCUT2D eigenvalue weighted by Crippen LogP contribution is 2.39. The van der Waals surface area contributed by atoms with Gasteiger partial charge in [-0.2, -0.15) is 8.42 Å². The number of carbonyl (C=O) groups excluding carboxylic acids is 2. The number of aromatic nitrogens is 1. The fourth-order valence-electron chi connectivity index (χ4n) is 5.00. The highest BCUT2D eigenvalue weighted by molar-refractivity contribution is 7.85. The fraction of sp³-hybridized carbons (Fsp3) is 0.538. The number of carboxylic acids is 1. The molecule has 1 fully saturated rings. The van der Waals surface area contributed by atoms with Crippen LogP contribution in [-0.2, 0) is 30.9 Å². The summed E-state index contributed by atoms with van der Waals surface area (Å²) >= 11 is 0. The second kappa shape index (κ2) is 12.5. The van der Waals surface area contributed by atoms with E-state index in [1.54, 1.807) is 4.57 Å². The third-order valence-electron chi connectivity index (χ3n) is 7.02. The first-order valence-electron chi connectivity index (χ1n) is 13.1. The lowest BCUT2D eigenvalue weighted by Gasteiger charge is -2.37. The Morgan fingerprint density at radius 3 is 2.32 bits per heavy atom. The molecule has 0 bridgehead atoms. The first-order valence-corrected chi connectivity index (χ1v) is 14.9. The zero-order valence-electron chi connectivity index (χ0n) is 23.2. The Labute approximate surface area is 236 Å². The lowest BCUT2D eigenvalue weighted by molar-refractivity contribution is -0.153. The van der Waals surface area contributed by atoms with Crippen molar-refractivity contribution in [2.45, 2.75) is 70.7 Å². The van der Waals surface area contributed by atoms with E-state index in [0.717, 1.165) is 6.07 Å². The summed E-state index contributed by atoms with van der Waals surface area (Å²) in [6.45, 7) is 5.86. The molecule has 1 saturated heterocycles. The number of carbonyl (C=O) groups is 3. The number of rotatable bonds is 6. The monoisotopic (exact) mass is 598 g/mol. The van der Waals surface area contributed by atoms with Crippen molar-refractivity contribution in [2.24, 2.45) is 5.73 Å². The Balaban J connectivity index is 0.000000850. The Bertz CT molecular complexity index is 1510. The molecule has 3 heterocycles. The SMILES string of the molecule is CS(=O)(=O)O.C[C@H](N)C(=O)N[C@@H](C)C(=O)OC1CCN(c2c(F)cc3c(=O)c(C(=O)O)cn4c3c2CC[C@@H]4C)CC1. The van der Waals surface area contributed by atoms with Crippen LogP contribution < -0.4 is 21.4 Å². The zero-order chi connectivity index (χ0) is 30.8. The van der Waals surface area contributed by atoms with Gasteiger partial charge in [0.25, 0.3) is 10.1 Å². The van der Waals surface area contributed by atoms with Crippen molar-refractivity contribution < 1.29 is 41.6 Å². The largest absolute Gasteiger partial charge is 0.477 e. The van der Waals surface area contributed by atoms with Gasteiger partial charge >= 0.3 is 11.9 Å². The molecule has 2 aromatic rings. The van der Waals surface area contributed by atoms with Crippen molar-refractivity contribution >= 4 is 44.6 Å². The van der Waals surface area contributed by atoms with E-state index in [1.165, 1.54) is 20.0 Å². The predicted octanol–water partition coefficient (Wildman–Crippen LogP) is 1.21. The molecule has 1 amide bonds. The molecule has 2 aliphatic rings. The van der Waals surface area contributed by atoms with E-state index in [9.17, 15) is 32.7 Å². The average molecular weight is 599 g/mol. The van der Waals surface area contributed by atoms with E-state index < -0.39 is 51.3 Å². The van der Waals surface area contributed by atoms with Crippen molar-refractivity contribution in [3.63, 3.8) is 0 Å². The van der Waals surface area contributed by atoms with Crippen molar-refractivity contribution in [1.29, 1.82) is 0 Å². The van der Waals surface area contributed by atoms with Gasteiger partial charge in [0.15, 0.2) is 0 Å². The van der Waals surface area contributed by atoms with E-state index >= 15 is 4.39 Å². The number of pyridine rings is 1. The lowest BCUT2D eigenvalue weighted by Crippen LogP contribution is -2.48. The van der Waals surface area contributed by atoms with Crippen LogP contribution in [0.1, 0.15) is 62.0 Å². The van der Waals surface area contributed by atoms with E-state index in [0.29, 0.717) is 61.8 Å². The van der Waals surface area contributed by atoms with Crippen molar-refractivity contribution in [2.75, 3.05) is 24.2 Å². The lowest BCUT2D eigenvalue weighted by atomic mass is 9.93. The number of aromatic carboxylic acids is 1. The molecule has 5 N–H and O–H groups in total. The van der Waals surface area contributed by atoms with Crippen LogP contribution in [0.2, 0.25) is 0 Å². The van der Waals surface area contributed by atoms with E-state index in [4.69, 9.17) is 15.0 Å². The van der Waals surface area contributed by atoms with Gasteiger partial charge in [0, 0.05) is 49.1 Å². The summed E-state index contributed by atoms with van der Waals surface area (Å²) in [4.78, 5) is 50.4. The summed E-state index contributed by atoms with van der Waals surface area (Å²) in [6.07, 6.45) is 3.88. The Morgan fingerprint density at radius 2 is 1.78 bits per heavy atom. The Kier molecular flexibility index (Phi) is 9.77. The minimum absolute atomic E-state index is 0.0353. The van der Waals surface area contributed by atoms with Crippen LogP contribution in [0.25, 0.3) is 10.9 Å². The molecule has 226 valence electrons. The summed E-state index contributed by atoms with van der Waals surface area (Å²) in [6, 6.07) is -0.464. The summed E-state index contributed by atoms with van der Waals surface area (Å²) in [7, 11) is -3.67. The molecule has 0 unspecified atom stereocenters. The quantitative estimate of drug-likeness (QED) is 0.275. The summed E-state index contributed by atoms with van der Waals surface area (Å²) < 4.78 is 48.6. The number of esters is 1. The normalized spacial score (nSPS) is 18.6. The summed E-state index contributed by atoms with van der Waals surface area (Å²) in [5, 5.41) is 12.0. The number of hydrogen-bond acceptors (Lipinski definition) is 9. The van der Waals surface area contributed by atoms with Crippen LogP contribution in [0, 0.1) is 5.82 Å². The van der Waals surface area contributed by atoms with Crippen molar-refractivity contribution in [3.05, 3.63) is 39.4 Å².